The van der Waals surface area contributed by atoms with Gasteiger partial charge in [-0.05, 0) is 26.0 Å². The molecule has 1 unspecified atom stereocenters. The third-order valence-electron chi connectivity index (χ3n) is 2.03. The average Bonchev–Trinajstić information content (AvgIpc) is 2.27. The molecule has 17 heavy (non-hydrogen) atoms. The van der Waals surface area contributed by atoms with Crippen LogP contribution >= 0.6 is 11.6 Å². The second kappa shape index (κ2) is 6.30. The fourth-order valence-corrected chi connectivity index (χ4v) is 2.79. The molecule has 1 N–H and O–H groups in total. The van der Waals surface area contributed by atoms with Crippen molar-refractivity contribution in [1.82, 2.24) is 9.71 Å². The van der Waals surface area contributed by atoms with Crippen LogP contribution in [0.1, 0.15) is 13.8 Å². The van der Waals surface area contributed by atoms with Gasteiger partial charge in [0.25, 0.3) is 0 Å². The number of nitrogens with zero attached hydrogens (tertiary/aromatic N) is 1. The summed E-state index contributed by atoms with van der Waals surface area (Å²) in [6, 6.07) is 2.93. The average molecular weight is 279 g/mol. The molecule has 0 aromatic carbocycles. The van der Waals surface area contributed by atoms with Gasteiger partial charge in [0.15, 0.2) is 0 Å². The van der Waals surface area contributed by atoms with Crippen molar-refractivity contribution >= 4 is 21.6 Å². The summed E-state index contributed by atoms with van der Waals surface area (Å²) in [5, 5.41) is -0.0379. The van der Waals surface area contributed by atoms with Crippen LogP contribution < -0.4 is 4.72 Å². The van der Waals surface area contributed by atoms with Crippen LogP contribution in [0.15, 0.2) is 23.2 Å². The zero-order chi connectivity index (χ0) is 12.9. The topological polar surface area (TPSA) is 68.3 Å². The van der Waals surface area contributed by atoms with E-state index in [-0.39, 0.29) is 22.7 Å². The molecule has 1 aromatic heterocycles. The molecule has 0 amide bonds. The van der Waals surface area contributed by atoms with Gasteiger partial charge < -0.3 is 4.74 Å². The second-order valence-electron chi connectivity index (χ2n) is 3.41. The number of ether oxygens (including phenoxy) is 1. The SMILES string of the molecule is CCOC(C)CNS(=O)(=O)c1cccnc1Cl. The lowest BCUT2D eigenvalue weighted by molar-refractivity contribution is 0.0799. The van der Waals surface area contributed by atoms with E-state index in [0.717, 1.165) is 0 Å². The molecule has 1 atom stereocenters. The fraction of sp³-hybridized carbons (Fsp3) is 0.500. The Kier molecular flexibility index (Phi) is 5.32. The molecule has 0 fully saturated rings. The van der Waals surface area contributed by atoms with Crippen LogP contribution in [0, 0.1) is 0 Å². The predicted molar refractivity (Wildman–Crippen MR) is 65.5 cm³/mol. The summed E-state index contributed by atoms with van der Waals surface area (Å²) in [5.41, 5.74) is 0. The normalized spacial score (nSPS) is 13.6. The molecule has 0 saturated carbocycles. The van der Waals surface area contributed by atoms with E-state index < -0.39 is 10.0 Å². The molecule has 1 aromatic rings. The van der Waals surface area contributed by atoms with Crippen molar-refractivity contribution in [2.45, 2.75) is 24.8 Å². The lowest BCUT2D eigenvalue weighted by Crippen LogP contribution is -2.32. The zero-order valence-corrected chi connectivity index (χ0v) is 11.3. The second-order valence-corrected chi connectivity index (χ2v) is 5.50. The minimum absolute atomic E-state index is 0.0228. The third kappa shape index (κ3) is 4.23. The van der Waals surface area contributed by atoms with Crippen LogP contribution in [0.3, 0.4) is 0 Å². The smallest absolute Gasteiger partial charge is 0.243 e. The van der Waals surface area contributed by atoms with Crippen molar-refractivity contribution in [3.05, 3.63) is 23.5 Å². The summed E-state index contributed by atoms with van der Waals surface area (Å²) >= 11 is 5.72. The Morgan fingerprint density at radius 1 is 1.59 bits per heavy atom. The van der Waals surface area contributed by atoms with Gasteiger partial charge >= 0.3 is 0 Å². The van der Waals surface area contributed by atoms with Crippen LogP contribution in [0.5, 0.6) is 0 Å². The van der Waals surface area contributed by atoms with E-state index in [4.69, 9.17) is 16.3 Å². The van der Waals surface area contributed by atoms with Gasteiger partial charge in [-0.3, -0.25) is 0 Å². The molecule has 0 saturated heterocycles. The van der Waals surface area contributed by atoms with Crippen molar-refractivity contribution in [2.24, 2.45) is 0 Å². The quantitative estimate of drug-likeness (QED) is 0.800. The minimum atomic E-state index is -3.63. The molecular weight excluding hydrogens is 264 g/mol. The molecule has 1 heterocycles. The van der Waals surface area contributed by atoms with E-state index in [1.165, 1.54) is 18.3 Å². The molecule has 0 aliphatic heterocycles. The first kappa shape index (κ1) is 14.4. The number of sulfonamides is 1. The molecule has 96 valence electrons. The van der Waals surface area contributed by atoms with Crippen LogP contribution in [0.4, 0.5) is 0 Å². The van der Waals surface area contributed by atoms with Crippen LogP contribution in [0.2, 0.25) is 5.15 Å². The Morgan fingerprint density at radius 2 is 2.29 bits per heavy atom. The van der Waals surface area contributed by atoms with Crippen molar-refractivity contribution in [3.63, 3.8) is 0 Å². The van der Waals surface area contributed by atoms with E-state index in [1.807, 2.05) is 6.92 Å². The maximum Gasteiger partial charge on any atom is 0.243 e. The van der Waals surface area contributed by atoms with Crippen molar-refractivity contribution in [3.8, 4) is 0 Å². The van der Waals surface area contributed by atoms with E-state index >= 15 is 0 Å². The maximum absolute atomic E-state index is 11.9. The fourth-order valence-electron chi connectivity index (χ4n) is 1.22. The highest BCUT2D eigenvalue weighted by Gasteiger charge is 2.18. The van der Waals surface area contributed by atoms with Crippen molar-refractivity contribution in [1.29, 1.82) is 0 Å². The van der Waals surface area contributed by atoms with Gasteiger partial charge in [0.05, 0.1) is 6.10 Å². The van der Waals surface area contributed by atoms with Crippen LogP contribution in [-0.2, 0) is 14.8 Å². The highest BCUT2D eigenvalue weighted by Crippen LogP contribution is 2.17. The van der Waals surface area contributed by atoms with E-state index in [9.17, 15) is 8.42 Å². The van der Waals surface area contributed by atoms with Crippen LogP contribution in [0.25, 0.3) is 0 Å². The summed E-state index contributed by atoms with van der Waals surface area (Å²) in [5.74, 6) is 0. The molecular formula is C10H15ClN2O3S. The standard InChI is InChI=1S/C10H15ClN2O3S/c1-3-16-8(2)7-13-17(14,15)9-5-4-6-12-10(9)11/h4-6,8,13H,3,7H2,1-2H3. The van der Waals surface area contributed by atoms with E-state index in [0.29, 0.717) is 6.61 Å². The summed E-state index contributed by atoms with van der Waals surface area (Å²) in [6.45, 7) is 4.37. The first-order valence-electron chi connectivity index (χ1n) is 5.19. The Hall–Kier alpha value is -0.690. The maximum atomic E-state index is 11.9. The van der Waals surface area contributed by atoms with Gasteiger partial charge in [-0.2, -0.15) is 0 Å². The highest BCUT2D eigenvalue weighted by molar-refractivity contribution is 7.89. The van der Waals surface area contributed by atoms with E-state index in [1.54, 1.807) is 6.92 Å². The lowest BCUT2D eigenvalue weighted by atomic mass is 10.4. The van der Waals surface area contributed by atoms with Gasteiger partial charge in [-0.15, -0.1) is 0 Å². The lowest BCUT2D eigenvalue weighted by Gasteiger charge is -2.13. The Balaban J connectivity index is 2.73. The molecule has 0 radical (unpaired) electrons. The summed E-state index contributed by atoms with van der Waals surface area (Å²) < 4.78 is 31.4. The number of hydrogen-bond donors (Lipinski definition) is 1. The molecule has 0 bridgehead atoms. The highest BCUT2D eigenvalue weighted by atomic mass is 35.5. The Bertz CT molecular complexity index is 464. The number of rotatable bonds is 6. The zero-order valence-electron chi connectivity index (χ0n) is 9.68. The summed E-state index contributed by atoms with van der Waals surface area (Å²) in [4.78, 5) is 3.70. The minimum Gasteiger partial charge on any atom is -0.377 e. The van der Waals surface area contributed by atoms with Gasteiger partial charge in [0.1, 0.15) is 10.0 Å². The van der Waals surface area contributed by atoms with Crippen molar-refractivity contribution < 1.29 is 13.2 Å². The first-order chi connectivity index (χ1) is 7.97. The molecule has 0 aliphatic rings. The summed E-state index contributed by atoms with van der Waals surface area (Å²) in [7, 11) is -3.63. The number of halogens is 1. The molecule has 7 heteroatoms. The predicted octanol–water partition coefficient (Wildman–Crippen LogP) is 1.44. The van der Waals surface area contributed by atoms with Gasteiger partial charge in [-0.1, -0.05) is 11.6 Å². The first-order valence-corrected chi connectivity index (χ1v) is 7.05. The van der Waals surface area contributed by atoms with Gasteiger partial charge in [0, 0.05) is 19.3 Å². The molecule has 0 aliphatic carbocycles. The largest absolute Gasteiger partial charge is 0.377 e. The van der Waals surface area contributed by atoms with Gasteiger partial charge in [-0.25, -0.2) is 18.1 Å². The summed E-state index contributed by atoms with van der Waals surface area (Å²) in [6.07, 6.45) is 1.25. The van der Waals surface area contributed by atoms with Gasteiger partial charge in [0.2, 0.25) is 10.0 Å². The molecule has 1 rings (SSSR count). The van der Waals surface area contributed by atoms with Crippen molar-refractivity contribution in [2.75, 3.05) is 13.2 Å². The number of nitrogens with one attached hydrogen (secondary N) is 1. The Morgan fingerprint density at radius 3 is 2.88 bits per heavy atom. The number of pyridine rings is 1. The number of hydrogen-bond acceptors (Lipinski definition) is 4. The Labute approximate surface area is 106 Å². The number of aromatic nitrogens is 1. The molecule has 5 nitrogen and oxygen atoms in total. The monoisotopic (exact) mass is 278 g/mol. The van der Waals surface area contributed by atoms with Crippen LogP contribution in [-0.4, -0.2) is 32.7 Å². The molecule has 0 spiro atoms. The third-order valence-corrected chi connectivity index (χ3v) is 3.89. The van der Waals surface area contributed by atoms with E-state index in [2.05, 4.69) is 9.71 Å².